The van der Waals surface area contributed by atoms with Crippen LogP contribution in [0.2, 0.25) is 0 Å². The van der Waals surface area contributed by atoms with Gasteiger partial charge in [-0.2, -0.15) is 5.54 Å². The Balaban J connectivity index is 2.85. The Bertz CT molecular complexity index is 44.9. The third-order valence-corrected chi connectivity index (χ3v) is 0.0931. The van der Waals surface area contributed by atoms with Crippen LogP contribution in [0.4, 0.5) is 9.28 Å². The number of amides is 2. The molecule has 5 heavy (non-hydrogen) atoms. The number of hydrogen-bond donors (Lipinski definition) is 2. The minimum absolute atomic E-state index is 0.667. The standard InChI is InChI=1S/CH3FN2O/c2-4-1(3)5/h(H3,3,4,5). The molecule has 0 aliphatic rings. The van der Waals surface area contributed by atoms with E-state index in [9.17, 15) is 4.48 Å². The van der Waals surface area contributed by atoms with Gasteiger partial charge in [0.15, 0.2) is 0 Å². The number of carbonyl (C=O) groups excluding carboxylic acids is 1. The van der Waals surface area contributed by atoms with E-state index in [1.165, 1.54) is 0 Å². The fraction of sp³-hybridized carbons (Fsp3) is 0. The van der Waals surface area contributed by atoms with Crippen LogP contribution in [0.5, 0.6) is 0 Å². The van der Waals surface area contributed by atoms with Gasteiger partial charge >= 0.3 is 6.03 Å². The van der Waals surface area contributed by atoms with Crippen LogP contribution in [-0.4, -0.2) is 6.03 Å². The highest BCUT2D eigenvalue weighted by Gasteiger charge is 1.77. The molecule has 0 bridgehead atoms. The third kappa shape index (κ3) is 3.20. The molecule has 0 aromatic rings. The lowest BCUT2D eigenvalue weighted by Crippen LogP contribution is -2.20. The summed E-state index contributed by atoms with van der Waals surface area (Å²) in [6.45, 7) is 0. The van der Waals surface area contributed by atoms with Crippen molar-refractivity contribution in [3.8, 4) is 0 Å². The molecule has 3 N–H and O–H groups in total. The van der Waals surface area contributed by atoms with Crippen molar-refractivity contribution in [1.82, 2.24) is 5.54 Å². The quantitative estimate of drug-likeness (QED) is 0.378. The lowest BCUT2D eigenvalue weighted by atomic mass is 11.2. The summed E-state index contributed by atoms with van der Waals surface area (Å²) in [5, 5.41) is 0. The zero-order valence-corrected chi connectivity index (χ0v) is 2.36. The zero-order chi connectivity index (χ0) is 4.28. The molecule has 0 atom stereocenters. The lowest BCUT2D eigenvalue weighted by molar-refractivity contribution is 0.226. The Morgan fingerprint density at radius 1 is 2.00 bits per heavy atom. The van der Waals surface area contributed by atoms with Crippen LogP contribution in [0.15, 0.2) is 0 Å². The van der Waals surface area contributed by atoms with Gasteiger partial charge in [-0.15, -0.1) is 0 Å². The first kappa shape index (κ1) is 4.20. The van der Waals surface area contributed by atoms with Crippen molar-refractivity contribution in [2.24, 2.45) is 5.73 Å². The topological polar surface area (TPSA) is 55.1 Å². The van der Waals surface area contributed by atoms with Gasteiger partial charge in [0.25, 0.3) is 0 Å². The summed E-state index contributed by atoms with van der Waals surface area (Å²) in [6, 6.07) is -1.16. The predicted octanol–water partition coefficient (Wildman–Crippen LogP) is -0.461. The molecule has 0 aromatic carbocycles. The van der Waals surface area contributed by atoms with E-state index < -0.39 is 6.03 Å². The van der Waals surface area contributed by atoms with Crippen molar-refractivity contribution in [3.63, 3.8) is 0 Å². The van der Waals surface area contributed by atoms with Gasteiger partial charge in [-0.3, -0.25) is 0 Å². The Hall–Kier alpha value is -0.800. The summed E-state index contributed by atoms with van der Waals surface area (Å²) >= 11 is 0. The van der Waals surface area contributed by atoms with Crippen LogP contribution in [0.1, 0.15) is 0 Å². The maximum Gasteiger partial charge on any atom is 0.340 e. The minimum atomic E-state index is -1.16. The number of nitrogens with one attached hydrogen (secondary N) is 1. The monoisotopic (exact) mass is 78.0 g/mol. The molecule has 0 spiro atoms. The van der Waals surface area contributed by atoms with Crippen LogP contribution in [0.25, 0.3) is 0 Å². The average Bonchev–Trinajstić information content (AvgIpc) is 1.38. The molecule has 0 fully saturated rings. The van der Waals surface area contributed by atoms with E-state index in [1.807, 2.05) is 0 Å². The van der Waals surface area contributed by atoms with Gasteiger partial charge in [0.05, 0.1) is 0 Å². The molecular formula is CH3FN2O. The smallest absolute Gasteiger partial charge is 0.340 e. The average molecular weight is 78.0 g/mol. The Labute approximate surface area is 27.9 Å². The first-order chi connectivity index (χ1) is 2.27. The van der Waals surface area contributed by atoms with Gasteiger partial charge in [-0.1, -0.05) is 4.48 Å². The predicted molar refractivity (Wildman–Crippen MR) is 13.8 cm³/mol. The van der Waals surface area contributed by atoms with Crippen LogP contribution in [-0.2, 0) is 0 Å². The van der Waals surface area contributed by atoms with Crippen molar-refractivity contribution in [3.05, 3.63) is 0 Å². The molecule has 0 aromatic heterocycles. The minimum Gasteiger partial charge on any atom is -0.350 e. The fourth-order valence-corrected chi connectivity index (χ4v) is 0. The molecule has 0 heterocycles. The molecule has 4 heteroatoms. The molecule has 0 aliphatic carbocycles. The summed E-state index contributed by atoms with van der Waals surface area (Å²) in [6.07, 6.45) is 0. The van der Waals surface area contributed by atoms with E-state index in [0.717, 1.165) is 0 Å². The third-order valence-electron chi connectivity index (χ3n) is 0.0931. The van der Waals surface area contributed by atoms with Gasteiger partial charge < -0.3 is 5.73 Å². The molecule has 2 amide bonds. The molecule has 0 aliphatic heterocycles. The number of urea groups is 1. The number of rotatable bonds is 0. The highest BCUT2D eigenvalue weighted by Crippen LogP contribution is 1.46. The highest BCUT2D eigenvalue weighted by atomic mass is 19.2. The van der Waals surface area contributed by atoms with Crippen LogP contribution in [0, 0.1) is 0 Å². The Morgan fingerprint density at radius 2 is 2.20 bits per heavy atom. The Morgan fingerprint density at radius 3 is 2.20 bits per heavy atom. The van der Waals surface area contributed by atoms with E-state index >= 15 is 0 Å². The van der Waals surface area contributed by atoms with Crippen molar-refractivity contribution < 1.29 is 9.28 Å². The molecule has 30 valence electrons. The second-order valence-electron chi connectivity index (χ2n) is 0.459. The summed E-state index contributed by atoms with van der Waals surface area (Å²) in [7, 11) is 0. The van der Waals surface area contributed by atoms with Gasteiger partial charge in [0, 0.05) is 0 Å². The lowest BCUT2D eigenvalue weighted by Gasteiger charge is -1.74. The maximum absolute atomic E-state index is 10.4. The first-order valence-corrected chi connectivity index (χ1v) is 0.932. The second-order valence-corrected chi connectivity index (χ2v) is 0.459. The van der Waals surface area contributed by atoms with Crippen LogP contribution >= 0.6 is 0 Å². The molecule has 0 saturated heterocycles. The van der Waals surface area contributed by atoms with Gasteiger partial charge in [0.1, 0.15) is 0 Å². The summed E-state index contributed by atoms with van der Waals surface area (Å²) in [5.41, 5.74) is 4.83. The van der Waals surface area contributed by atoms with Crippen LogP contribution < -0.4 is 11.3 Å². The molecule has 0 unspecified atom stereocenters. The second kappa shape index (κ2) is 1.51. The Kier molecular flexibility index (Phi) is 1.27. The van der Waals surface area contributed by atoms with E-state index in [4.69, 9.17) is 4.79 Å². The van der Waals surface area contributed by atoms with E-state index in [1.54, 1.807) is 0 Å². The number of nitrogens with two attached hydrogens (primary N) is 1. The van der Waals surface area contributed by atoms with E-state index in [2.05, 4.69) is 5.73 Å². The van der Waals surface area contributed by atoms with E-state index in [-0.39, 0.29) is 0 Å². The van der Waals surface area contributed by atoms with Gasteiger partial charge in [0.2, 0.25) is 0 Å². The van der Waals surface area contributed by atoms with Crippen molar-refractivity contribution in [2.75, 3.05) is 0 Å². The normalized spacial score (nSPS) is 6.60. The molecule has 0 saturated carbocycles. The highest BCUT2D eigenvalue weighted by molar-refractivity contribution is 5.70. The maximum atomic E-state index is 10.4. The zero-order valence-electron chi connectivity index (χ0n) is 2.36. The molecular weight excluding hydrogens is 75.0 g/mol. The number of halogens is 1. The molecule has 0 radical (unpaired) electrons. The summed E-state index contributed by atoms with van der Waals surface area (Å²) in [5.74, 6) is 0. The van der Waals surface area contributed by atoms with Crippen molar-refractivity contribution in [1.29, 1.82) is 0 Å². The largest absolute Gasteiger partial charge is 0.350 e. The van der Waals surface area contributed by atoms with Crippen LogP contribution in [0.3, 0.4) is 0 Å². The summed E-state index contributed by atoms with van der Waals surface area (Å²) < 4.78 is 10.4. The molecule has 0 rings (SSSR count). The molecule has 3 nitrogen and oxygen atoms in total. The number of primary amides is 1. The van der Waals surface area contributed by atoms with Crippen molar-refractivity contribution >= 4 is 6.03 Å². The van der Waals surface area contributed by atoms with Crippen molar-refractivity contribution in [2.45, 2.75) is 0 Å². The summed E-state index contributed by atoms with van der Waals surface area (Å²) in [4.78, 5) is 9.10. The SMILES string of the molecule is NC(=O)NF. The number of hydrogen-bond acceptors (Lipinski definition) is 1. The first-order valence-electron chi connectivity index (χ1n) is 0.932. The van der Waals surface area contributed by atoms with E-state index in [0.29, 0.717) is 5.54 Å². The number of carbonyl (C=O) groups is 1. The fourth-order valence-electron chi connectivity index (χ4n) is 0. The van der Waals surface area contributed by atoms with Gasteiger partial charge in [-0.25, -0.2) is 4.79 Å². The van der Waals surface area contributed by atoms with Gasteiger partial charge in [-0.05, 0) is 0 Å².